The van der Waals surface area contributed by atoms with Crippen molar-refractivity contribution in [3.8, 4) is 5.75 Å². The average Bonchev–Trinajstić information content (AvgIpc) is 2.99. The van der Waals surface area contributed by atoms with Crippen LogP contribution in [0.4, 0.5) is 24.8 Å². The normalized spacial score (nSPS) is 16.8. The van der Waals surface area contributed by atoms with Gasteiger partial charge >= 0.3 is 12.6 Å². The Bertz CT molecular complexity index is 1460. The van der Waals surface area contributed by atoms with Crippen molar-refractivity contribution in [2.75, 3.05) is 62.2 Å². The van der Waals surface area contributed by atoms with Crippen LogP contribution in [0, 0.1) is 11.7 Å². The first kappa shape index (κ1) is 29.6. The van der Waals surface area contributed by atoms with Gasteiger partial charge in [0.05, 0.1) is 10.9 Å². The highest BCUT2D eigenvalue weighted by atomic mass is 19.3. The zero-order valence-electron chi connectivity index (χ0n) is 23.8. The number of fused-ring (bicyclic) bond motifs is 1. The number of anilines is 2. The van der Waals surface area contributed by atoms with Crippen molar-refractivity contribution < 1.29 is 27.4 Å². The summed E-state index contributed by atoms with van der Waals surface area (Å²) in [4.78, 5) is 40.6. The molecule has 2 fully saturated rings. The lowest BCUT2D eigenvalue weighted by Gasteiger charge is -2.37. The fourth-order valence-corrected chi connectivity index (χ4v) is 5.59. The number of aryl methyl sites for hydroxylation is 1. The first-order valence-electron chi connectivity index (χ1n) is 14.3. The third kappa shape index (κ3) is 6.30. The van der Waals surface area contributed by atoms with Gasteiger partial charge in [0.15, 0.2) is 11.6 Å². The Morgan fingerprint density at radius 1 is 1.07 bits per heavy atom. The lowest BCUT2D eigenvalue weighted by Crippen LogP contribution is -2.47. The van der Waals surface area contributed by atoms with Crippen LogP contribution in [0.1, 0.15) is 37.0 Å². The highest BCUT2D eigenvalue weighted by Crippen LogP contribution is 2.40. The minimum atomic E-state index is -3.27. The Balaban J connectivity index is 1.44. The Hall–Kier alpha value is -3.87. The van der Waals surface area contributed by atoms with Crippen molar-refractivity contribution in [3.05, 3.63) is 52.3 Å². The molecular formula is C29H35F3N6O4. The van der Waals surface area contributed by atoms with Gasteiger partial charge in [0.2, 0.25) is 11.4 Å². The predicted octanol–water partition coefficient (Wildman–Crippen LogP) is 3.77. The smallest absolute Gasteiger partial charge is 0.387 e. The van der Waals surface area contributed by atoms with E-state index in [1.807, 2.05) is 4.90 Å². The van der Waals surface area contributed by atoms with E-state index < -0.39 is 29.6 Å². The monoisotopic (exact) mass is 588 g/mol. The number of nitrogens with zero attached hydrogens (tertiary/aromatic N) is 6. The van der Waals surface area contributed by atoms with Gasteiger partial charge in [-0.25, -0.2) is 19.2 Å². The number of hydrogen-bond donors (Lipinski definition) is 0. The van der Waals surface area contributed by atoms with Gasteiger partial charge in [-0.1, -0.05) is 6.92 Å². The van der Waals surface area contributed by atoms with Gasteiger partial charge < -0.3 is 23.8 Å². The molecule has 0 bridgehead atoms. The summed E-state index contributed by atoms with van der Waals surface area (Å²) in [5.74, 6) is -0.989. The second kappa shape index (κ2) is 13.0. The molecule has 4 heterocycles. The van der Waals surface area contributed by atoms with Gasteiger partial charge in [-0.3, -0.25) is 9.69 Å². The van der Waals surface area contributed by atoms with Crippen molar-refractivity contribution in [1.29, 1.82) is 0 Å². The fourth-order valence-electron chi connectivity index (χ4n) is 5.59. The molecule has 42 heavy (non-hydrogen) atoms. The number of esters is 1. The van der Waals surface area contributed by atoms with Crippen LogP contribution in [0.5, 0.6) is 5.75 Å². The predicted molar refractivity (Wildman–Crippen MR) is 152 cm³/mol. The zero-order chi connectivity index (χ0) is 29.8. The number of rotatable bonds is 9. The molecule has 2 aliphatic heterocycles. The molecule has 2 saturated heterocycles. The highest BCUT2D eigenvalue weighted by Gasteiger charge is 2.30. The number of ether oxygens (including phenoxy) is 2. The molecule has 0 amide bonds. The van der Waals surface area contributed by atoms with Crippen LogP contribution in [0.25, 0.3) is 10.9 Å². The molecule has 0 N–H and O–H groups in total. The summed E-state index contributed by atoms with van der Waals surface area (Å²) < 4.78 is 55.0. The topological polar surface area (TPSA) is 93.0 Å². The van der Waals surface area contributed by atoms with E-state index in [1.54, 1.807) is 30.3 Å². The van der Waals surface area contributed by atoms with E-state index >= 15 is 4.39 Å². The van der Waals surface area contributed by atoms with Crippen LogP contribution < -0.4 is 20.0 Å². The molecule has 0 unspecified atom stereocenters. The molecule has 13 heteroatoms. The Morgan fingerprint density at radius 2 is 1.74 bits per heavy atom. The van der Waals surface area contributed by atoms with Gasteiger partial charge in [-0.05, 0) is 50.9 Å². The van der Waals surface area contributed by atoms with Crippen LogP contribution in [0.2, 0.25) is 0 Å². The van der Waals surface area contributed by atoms with Gasteiger partial charge in [0, 0.05) is 57.9 Å². The molecule has 10 nitrogen and oxygen atoms in total. The number of hydrogen-bond acceptors (Lipinski definition) is 9. The quantitative estimate of drug-likeness (QED) is 0.347. The number of piperazine rings is 1. The van der Waals surface area contributed by atoms with Crippen molar-refractivity contribution >= 4 is 28.5 Å². The lowest BCUT2D eigenvalue weighted by atomic mass is 9.99. The number of likely N-dealkylation sites (tertiary alicyclic amines) is 1. The number of halogens is 3. The second-order valence-corrected chi connectivity index (χ2v) is 10.7. The fraction of sp³-hybridized carbons (Fsp3) is 0.517. The summed E-state index contributed by atoms with van der Waals surface area (Å²) in [6.45, 7) is 4.73. The number of carbonyl (C=O) groups is 1. The molecule has 5 rings (SSSR count). The molecule has 2 aromatic heterocycles. The molecule has 3 aromatic rings. The molecule has 0 aliphatic carbocycles. The number of piperidine rings is 1. The largest absolute Gasteiger partial charge is 0.461 e. The number of aromatic nitrogens is 3. The van der Waals surface area contributed by atoms with Crippen LogP contribution in [-0.2, 0) is 11.3 Å². The van der Waals surface area contributed by atoms with E-state index in [0.29, 0.717) is 31.5 Å². The summed E-state index contributed by atoms with van der Waals surface area (Å²) >= 11 is 0. The maximum absolute atomic E-state index is 15.7. The highest BCUT2D eigenvalue weighted by molar-refractivity contribution is 5.97. The molecule has 1 aromatic carbocycles. The van der Waals surface area contributed by atoms with E-state index in [2.05, 4.69) is 21.8 Å². The SMILES string of the molecule is CCn1cc(C(=O)OCCN2CCC(C)CC2)c(=O)c2cc(F)c(N3CCN(c4ncccn4)CC3)c(OC(F)F)c21. The van der Waals surface area contributed by atoms with E-state index in [4.69, 9.17) is 9.47 Å². The van der Waals surface area contributed by atoms with Gasteiger partial charge in [0.25, 0.3) is 0 Å². The molecule has 0 atom stereocenters. The molecule has 0 radical (unpaired) electrons. The second-order valence-electron chi connectivity index (χ2n) is 10.7. The first-order valence-corrected chi connectivity index (χ1v) is 14.3. The van der Waals surface area contributed by atoms with E-state index in [9.17, 15) is 18.4 Å². The number of benzene rings is 1. The number of carbonyl (C=O) groups excluding carboxylic acids is 1. The minimum Gasteiger partial charge on any atom is -0.461 e. The summed E-state index contributed by atoms with van der Waals surface area (Å²) in [6, 6.07) is 2.70. The van der Waals surface area contributed by atoms with Crippen molar-refractivity contribution in [1.82, 2.24) is 19.4 Å². The maximum atomic E-state index is 15.7. The molecule has 0 saturated carbocycles. The Kier molecular flexibility index (Phi) is 9.15. The minimum absolute atomic E-state index is 0.00740. The van der Waals surface area contributed by atoms with Crippen LogP contribution in [0.3, 0.4) is 0 Å². The molecular weight excluding hydrogens is 553 g/mol. The third-order valence-corrected chi connectivity index (χ3v) is 7.96. The van der Waals surface area contributed by atoms with Crippen LogP contribution >= 0.6 is 0 Å². The first-order chi connectivity index (χ1) is 20.3. The number of pyridine rings is 1. The van der Waals surface area contributed by atoms with Gasteiger partial charge in [0.1, 0.15) is 17.9 Å². The average molecular weight is 589 g/mol. The van der Waals surface area contributed by atoms with Gasteiger partial charge in [-0.2, -0.15) is 8.78 Å². The summed E-state index contributed by atoms with van der Waals surface area (Å²) in [5, 5.41) is -0.232. The number of alkyl halides is 2. The van der Waals surface area contributed by atoms with E-state index in [1.165, 1.54) is 10.8 Å². The van der Waals surface area contributed by atoms with E-state index in [-0.39, 0.29) is 48.4 Å². The van der Waals surface area contributed by atoms with Crippen molar-refractivity contribution in [3.63, 3.8) is 0 Å². The lowest BCUT2D eigenvalue weighted by molar-refractivity contribution is -0.0488. The summed E-state index contributed by atoms with van der Waals surface area (Å²) in [6.07, 6.45) is 6.67. The standard InChI is InChI=1S/C29H35F3N6O4/c1-3-36-18-21(27(40)41-16-15-35-9-5-19(2)6-10-35)25(39)20-17-22(30)24(26(23(20)36)42-28(31)32)37-11-13-38(14-12-37)29-33-7-4-8-34-29/h4,7-8,17-19,28H,3,5-6,9-16H2,1-2H3. The summed E-state index contributed by atoms with van der Waals surface area (Å²) in [5.41, 5.74) is -1.26. The molecule has 2 aliphatic rings. The van der Waals surface area contributed by atoms with Crippen LogP contribution in [0.15, 0.2) is 35.5 Å². The maximum Gasteiger partial charge on any atom is 0.387 e. The van der Waals surface area contributed by atoms with Gasteiger partial charge in [-0.15, -0.1) is 0 Å². The van der Waals surface area contributed by atoms with Crippen molar-refractivity contribution in [2.24, 2.45) is 5.92 Å². The molecule has 0 spiro atoms. The van der Waals surface area contributed by atoms with Crippen molar-refractivity contribution in [2.45, 2.75) is 39.8 Å². The van der Waals surface area contributed by atoms with E-state index in [0.717, 1.165) is 32.0 Å². The molecule has 226 valence electrons. The summed E-state index contributed by atoms with van der Waals surface area (Å²) in [7, 11) is 0. The van der Waals surface area contributed by atoms with Crippen LogP contribution in [-0.4, -0.2) is 84.4 Å². The zero-order valence-corrected chi connectivity index (χ0v) is 23.8. The Labute approximate surface area is 241 Å². The Morgan fingerprint density at radius 3 is 2.38 bits per heavy atom. The third-order valence-electron chi connectivity index (χ3n) is 7.96.